The lowest BCUT2D eigenvalue weighted by molar-refractivity contribution is -0.116. The molecule has 3 rings (SSSR count). The van der Waals surface area contributed by atoms with Crippen molar-refractivity contribution in [1.29, 1.82) is 0 Å². The van der Waals surface area contributed by atoms with Crippen LogP contribution in [0.1, 0.15) is 37.1 Å². The minimum absolute atomic E-state index is 0.117. The maximum Gasteiger partial charge on any atom is 0.270 e. The second kappa shape index (κ2) is 8.02. The molecular formula is C18H23N5O2. The van der Waals surface area contributed by atoms with Crippen LogP contribution in [0.3, 0.4) is 0 Å². The minimum atomic E-state index is -0.188. The van der Waals surface area contributed by atoms with Crippen LogP contribution in [0.25, 0.3) is 11.8 Å². The van der Waals surface area contributed by atoms with E-state index < -0.39 is 0 Å². The highest BCUT2D eigenvalue weighted by Gasteiger charge is 2.24. The monoisotopic (exact) mass is 341 g/mol. The number of nitrogens with one attached hydrogen (secondary N) is 1. The van der Waals surface area contributed by atoms with Gasteiger partial charge in [-0.25, -0.2) is 0 Å². The average Bonchev–Trinajstić information content (AvgIpc) is 3.07. The first-order chi connectivity index (χ1) is 12.2. The quantitative estimate of drug-likeness (QED) is 0.807. The van der Waals surface area contributed by atoms with E-state index in [1.54, 1.807) is 13.0 Å². The summed E-state index contributed by atoms with van der Waals surface area (Å²) in [5.41, 5.74) is 1.31. The van der Waals surface area contributed by atoms with Crippen LogP contribution in [-0.4, -0.2) is 43.9 Å². The van der Waals surface area contributed by atoms with E-state index in [9.17, 15) is 9.90 Å². The van der Waals surface area contributed by atoms with Crippen LogP contribution in [0.5, 0.6) is 0 Å². The van der Waals surface area contributed by atoms with Gasteiger partial charge in [0.25, 0.3) is 5.91 Å². The topological polar surface area (TPSA) is 92.9 Å². The molecule has 1 aromatic heterocycles. The number of nitrogens with zero attached hydrogens (tertiary/aromatic N) is 4. The highest BCUT2D eigenvalue weighted by molar-refractivity contribution is 6.18. The van der Waals surface area contributed by atoms with Gasteiger partial charge in [-0.1, -0.05) is 30.3 Å². The number of carbonyl (C=O) groups excluding carboxylic acids is 1. The summed E-state index contributed by atoms with van der Waals surface area (Å²) in [4.78, 5) is 12.9. The van der Waals surface area contributed by atoms with Gasteiger partial charge in [-0.15, -0.1) is 5.10 Å². The third kappa shape index (κ3) is 4.30. The van der Waals surface area contributed by atoms with Crippen molar-refractivity contribution in [3.63, 3.8) is 0 Å². The van der Waals surface area contributed by atoms with Crippen molar-refractivity contribution < 1.29 is 9.90 Å². The molecule has 1 amide bonds. The number of aromatic nitrogens is 4. The summed E-state index contributed by atoms with van der Waals surface area (Å²) in [5, 5.41) is 23.8. The van der Waals surface area contributed by atoms with Gasteiger partial charge in [0.05, 0.1) is 0 Å². The molecule has 0 atom stereocenters. The molecule has 7 heteroatoms. The van der Waals surface area contributed by atoms with Crippen LogP contribution in [0.4, 0.5) is 0 Å². The Balaban J connectivity index is 1.79. The van der Waals surface area contributed by atoms with Crippen LogP contribution in [0.15, 0.2) is 30.3 Å². The first-order valence-electron chi connectivity index (χ1n) is 8.61. The number of hydrogen-bond acceptors (Lipinski definition) is 5. The highest BCUT2D eigenvalue weighted by atomic mass is 16.3. The summed E-state index contributed by atoms with van der Waals surface area (Å²) < 4.78 is 1.46. The lowest BCUT2D eigenvalue weighted by Gasteiger charge is -2.28. The number of hydrogen-bond donors (Lipinski definition) is 2. The Morgan fingerprint density at radius 1 is 1.28 bits per heavy atom. The molecule has 0 saturated heterocycles. The molecule has 2 aromatic rings. The Kier molecular flexibility index (Phi) is 5.55. The van der Waals surface area contributed by atoms with E-state index in [0.717, 1.165) is 31.2 Å². The molecule has 1 aliphatic rings. The first-order valence-corrected chi connectivity index (χ1v) is 8.61. The molecule has 1 fully saturated rings. The zero-order valence-electron chi connectivity index (χ0n) is 14.3. The molecule has 25 heavy (non-hydrogen) atoms. The number of tetrazole rings is 1. The van der Waals surface area contributed by atoms with E-state index >= 15 is 0 Å². The molecule has 1 heterocycles. The highest BCUT2D eigenvalue weighted by Crippen LogP contribution is 2.24. The molecule has 1 aromatic carbocycles. The zero-order valence-corrected chi connectivity index (χ0v) is 14.3. The van der Waals surface area contributed by atoms with Gasteiger partial charge < -0.3 is 10.4 Å². The molecule has 0 unspecified atom stereocenters. The maximum atomic E-state index is 12.9. The molecule has 0 spiro atoms. The second-order valence-electron chi connectivity index (χ2n) is 6.45. The SMILES string of the molecule is Cc1nnnn1/C(=C/c1ccccc1)C(=O)NC1CCC(CO)CC1. The standard InChI is InChI=1S/C18H23N5O2/c1-13-20-21-22-23(13)17(11-14-5-3-2-4-6-14)18(25)19-16-9-7-15(12-24)8-10-16/h2-6,11,15-16,24H,7-10,12H2,1H3,(H,19,25)/b17-11+. The Morgan fingerprint density at radius 3 is 2.60 bits per heavy atom. The van der Waals surface area contributed by atoms with E-state index in [-0.39, 0.29) is 18.6 Å². The van der Waals surface area contributed by atoms with Gasteiger partial charge in [-0.2, -0.15) is 4.68 Å². The predicted molar refractivity (Wildman–Crippen MR) is 94.1 cm³/mol. The maximum absolute atomic E-state index is 12.9. The number of rotatable bonds is 5. The first kappa shape index (κ1) is 17.3. The van der Waals surface area contributed by atoms with Crippen molar-refractivity contribution in [3.05, 3.63) is 41.7 Å². The summed E-state index contributed by atoms with van der Waals surface area (Å²) in [7, 11) is 0. The van der Waals surface area contributed by atoms with Crippen LogP contribution < -0.4 is 5.32 Å². The number of aliphatic hydroxyl groups is 1. The van der Waals surface area contributed by atoms with E-state index in [4.69, 9.17) is 0 Å². The van der Waals surface area contributed by atoms with Gasteiger partial charge >= 0.3 is 0 Å². The van der Waals surface area contributed by atoms with Gasteiger partial charge in [0.15, 0.2) is 5.82 Å². The molecule has 0 aliphatic heterocycles. The number of aliphatic hydroxyl groups excluding tert-OH is 1. The number of benzene rings is 1. The normalized spacial score (nSPS) is 21.1. The van der Waals surface area contributed by atoms with Gasteiger partial charge in [-0.3, -0.25) is 4.79 Å². The largest absolute Gasteiger partial charge is 0.396 e. The molecular weight excluding hydrogens is 318 g/mol. The third-order valence-electron chi connectivity index (χ3n) is 4.63. The van der Waals surface area contributed by atoms with Gasteiger partial charge in [0, 0.05) is 12.6 Å². The molecule has 1 saturated carbocycles. The molecule has 7 nitrogen and oxygen atoms in total. The molecule has 0 bridgehead atoms. The number of aryl methyl sites for hydroxylation is 1. The van der Waals surface area contributed by atoms with E-state index in [2.05, 4.69) is 20.8 Å². The summed E-state index contributed by atoms with van der Waals surface area (Å²) in [6.45, 7) is 1.99. The molecule has 0 radical (unpaired) electrons. The zero-order chi connectivity index (χ0) is 17.6. The minimum Gasteiger partial charge on any atom is -0.396 e. The Hall–Kier alpha value is -2.54. The van der Waals surface area contributed by atoms with E-state index in [1.165, 1.54) is 4.68 Å². The Bertz CT molecular complexity index is 733. The number of carbonyl (C=O) groups is 1. The third-order valence-corrected chi connectivity index (χ3v) is 4.63. The van der Waals surface area contributed by atoms with E-state index in [0.29, 0.717) is 17.4 Å². The van der Waals surface area contributed by atoms with Gasteiger partial charge in [-0.05, 0) is 60.6 Å². The molecule has 2 N–H and O–H groups in total. The molecule has 1 aliphatic carbocycles. The fourth-order valence-electron chi connectivity index (χ4n) is 3.13. The summed E-state index contributed by atoms with van der Waals surface area (Å²) in [5.74, 6) is 0.724. The Morgan fingerprint density at radius 2 is 2.00 bits per heavy atom. The lowest BCUT2D eigenvalue weighted by Crippen LogP contribution is -2.39. The van der Waals surface area contributed by atoms with Gasteiger partial charge in [0.2, 0.25) is 0 Å². The fraction of sp³-hybridized carbons (Fsp3) is 0.444. The molecule has 132 valence electrons. The summed E-state index contributed by atoms with van der Waals surface area (Å²) >= 11 is 0. The van der Waals surface area contributed by atoms with Crippen LogP contribution in [-0.2, 0) is 4.79 Å². The predicted octanol–water partition coefficient (Wildman–Crippen LogP) is 1.65. The van der Waals surface area contributed by atoms with Crippen molar-refractivity contribution in [3.8, 4) is 0 Å². The van der Waals surface area contributed by atoms with Crippen molar-refractivity contribution >= 4 is 17.7 Å². The van der Waals surface area contributed by atoms with Crippen LogP contribution in [0.2, 0.25) is 0 Å². The van der Waals surface area contributed by atoms with Gasteiger partial charge in [0.1, 0.15) is 5.70 Å². The van der Waals surface area contributed by atoms with Crippen molar-refractivity contribution in [2.24, 2.45) is 5.92 Å². The van der Waals surface area contributed by atoms with Crippen molar-refractivity contribution in [1.82, 2.24) is 25.5 Å². The second-order valence-corrected chi connectivity index (χ2v) is 6.45. The number of amides is 1. The smallest absolute Gasteiger partial charge is 0.270 e. The van der Waals surface area contributed by atoms with Crippen molar-refractivity contribution in [2.75, 3.05) is 6.61 Å². The van der Waals surface area contributed by atoms with E-state index in [1.807, 2.05) is 30.3 Å². The van der Waals surface area contributed by atoms with Crippen LogP contribution >= 0.6 is 0 Å². The van der Waals surface area contributed by atoms with Crippen LogP contribution in [0, 0.1) is 12.8 Å². The van der Waals surface area contributed by atoms with Crippen molar-refractivity contribution in [2.45, 2.75) is 38.6 Å². The average molecular weight is 341 g/mol. The summed E-state index contributed by atoms with van der Waals surface area (Å²) in [6, 6.07) is 9.75. The Labute approximate surface area is 146 Å². The fourth-order valence-corrected chi connectivity index (χ4v) is 3.13. The lowest BCUT2D eigenvalue weighted by atomic mass is 9.86. The summed E-state index contributed by atoms with van der Waals surface area (Å²) in [6.07, 6.45) is 5.42.